The molecule has 0 radical (unpaired) electrons. The number of nitrogens with two attached hydrogens (primary N) is 1. The van der Waals surface area contributed by atoms with E-state index in [1.807, 2.05) is 12.1 Å². The molecule has 2 aromatic rings. The number of rotatable bonds is 1. The highest BCUT2D eigenvalue weighted by molar-refractivity contribution is 6.11. The second kappa shape index (κ2) is 4.64. The summed E-state index contributed by atoms with van der Waals surface area (Å²) < 4.78 is 0. The van der Waals surface area contributed by atoms with Crippen LogP contribution in [0.2, 0.25) is 0 Å². The predicted molar refractivity (Wildman–Crippen MR) is 83.6 cm³/mol. The molecule has 0 spiro atoms. The number of carbonyl (C=O) groups excluding carboxylic acids is 1. The summed E-state index contributed by atoms with van der Waals surface area (Å²) in [5.41, 5.74) is 12.8. The normalized spacial score (nSPS) is 13.9. The molecule has 3 rings (SSSR count). The first-order valence-corrected chi connectivity index (χ1v) is 6.75. The largest absolute Gasteiger partial charge is 0.399 e. The van der Waals surface area contributed by atoms with Gasteiger partial charge in [0.2, 0.25) is 0 Å². The second-order valence-corrected chi connectivity index (χ2v) is 5.49. The van der Waals surface area contributed by atoms with Crippen LogP contribution >= 0.6 is 0 Å². The van der Waals surface area contributed by atoms with E-state index in [0.29, 0.717) is 12.1 Å². The minimum atomic E-state index is 0.143. The van der Waals surface area contributed by atoms with Crippen LogP contribution in [0.4, 0.5) is 5.69 Å². The lowest BCUT2D eigenvalue weighted by Gasteiger charge is -2.17. The van der Waals surface area contributed by atoms with Crippen molar-refractivity contribution in [3.63, 3.8) is 0 Å². The molecule has 20 heavy (non-hydrogen) atoms. The number of ketones is 1. The zero-order valence-corrected chi connectivity index (χ0v) is 11.7. The highest BCUT2D eigenvalue weighted by Crippen LogP contribution is 2.32. The van der Waals surface area contributed by atoms with E-state index in [1.165, 1.54) is 11.1 Å². The molecular weight excluding hydrogens is 246 g/mol. The van der Waals surface area contributed by atoms with Crippen LogP contribution in [-0.2, 0) is 0 Å². The maximum Gasteiger partial charge on any atom is 0.167 e. The fraction of sp³-hybridized carbons (Fsp3) is 0.167. The zero-order valence-electron chi connectivity index (χ0n) is 11.7. The Labute approximate surface area is 118 Å². The summed E-state index contributed by atoms with van der Waals surface area (Å²) >= 11 is 0. The van der Waals surface area contributed by atoms with Gasteiger partial charge in [0.1, 0.15) is 0 Å². The molecule has 2 N–H and O–H groups in total. The topological polar surface area (TPSA) is 43.1 Å². The lowest BCUT2D eigenvalue weighted by Crippen LogP contribution is -2.08. The van der Waals surface area contributed by atoms with Crippen molar-refractivity contribution in [3.05, 3.63) is 64.2 Å². The number of hydrogen-bond donors (Lipinski definition) is 1. The molecule has 2 aromatic carbocycles. The van der Waals surface area contributed by atoms with Crippen molar-refractivity contribution in [3.8, 4) is 0 Å². The number of allylic oxidation sites excluding steroid dienone is 1. The molecular formula is C18H17NO. The number of fused-ring (bicyclic) bond motifs is 1. The van der Waals surface area contributed by atoms with Gasteiger partial charge in [0.05, 0.1) is 0 Å². The number of aryl methyl sites for hydroxylation is 2. The first-order valence-electron chi connectivity index (χ1n) is 6.75. The molecule has 0 fully saturated rings. The molecule has 0 amide bonds. The average molecular weight is 263 g/mol. The van der Waals surface area contributed by atoms with Gasteiger partial charge in [-0.15, -0.1) is 0 Å². The van der Waals surface area contributed by atoms with Gasteiger partial charge < -0.3 is 5.73 Å². The summed E-state index contributed by atoms with van der Waals surface area (Å²) in [6.07, 6.45) is 2.55. The molecule has 0 atom stereocenters. The third-order valence-corrected chi connectivity index (χ3v) is 3.65. The van der Waals surface area contributed by atoms with Crippen LogP contribution in [0.25, 0.3) is 11.6 Å². The van der Waals surface area contributed by atoms with Gasteiger partial charge >= 0.3 is 0 Å². The van der Waals surface area contributed by atoms with Crippen LogP contribution in [-0.4, -0.2) is 5.78 Å². The molecule has 2 nitrogen and oxygen atoms in total. The van der Waals surface area contributed by atoms with Crippen LogP contribution in [0.5, 0.6) is 0 Å². The average Bonchev–Trinajstić information content (AvgIpc) is 2.38. The lowest BCUT2D eigenvalue weighted by atomic mass is 9.86. The third kappa shape index (κ3) is 2.25. The predicted octanol–water partition coefficient (Wildman–Crippen LogP) is 4.01. The number of benzene rings is 2. The van der Waals surface area contributed by atoms with Crippen molar-refractivity contribution in [2.75, 3.05) is 5.73 Å². The Hall–Kier alpha value is -2.35. The van der Waals surface area contributed by atoms with E-state index < -0.39 is 0 Å². The summed E-state index contributed by atoms with van der Waals surface area (Å²) in [5.74, 6) is 0.143. The first kappa shape index (κ1) is 12.7. The molecule has 1 aliphatic carbocycles. The standard InChI is InChI=1S/C18H17NO/c1-11-5-12(2)7-14(6-11)15-8-13-3-4-16(19)10-17(13)18(20)9-15/h3-8,10H,9,19H2,1-2H3. The summed E-state index contributed by atoms with van der Waals surface area (Å²) in [6.45, 7) is 4.16. The lowest BCUT2D eigenvalue weighted by molar-refractivity contribution is 0.0997. The van der Waals surface area contributed by atoms with Gasteiger partial charge in [0.25, 0.3) is 0 Å². The van der Waals surface area contributed by atoms with E-state index in [4.69, 9.17) is 5.73 Å². The number of hydrogen-bond acceptors (Lipinski definition) is 2. The van der Waals surface area contributed by atoms with Crippen LogP contribution in [0.3, 0.4) is 0 Å². The van der Waals surface area contributed by atoms with Gasteiger partial charge in [-0.05, 0) is 48.8 Å². The van der Waals surface area contributed by atoms with Gasteiger partial charge in [-0.25, -0.2) is 0 Å². The maximum absolute atomic E-state index is 12.3. The number of anilines is 1. The Balaban J connectivity index is 2.12. The fourth-order valence-corrected chi connectivity index (χ4v) is 2.79. The third-order valence-electron chi connectivity index (χ3n) is 3.65. The molecule has 0 heterocycles. The smallest absolute Gasteiger partial charge is 0.167 e. The number of nitrogen functional groups attached to an aromatic ring is 1. The van der Waals surface area contributed by atoms with Crippen LogP contribution in [0, 0.1) is 13.8 Å². The minimum absolute atomic E-state index is 0.143. The first-order chi connectivity index (χ1) is 9.52. The van der Waals surface area contributed by atoms with Crippen molar-refractivity contribution in [2.45, 2.75) is 20.3 Å². The zero-order chi connectivity index (χ0) is 14.3. The Bertz CT molecular complexity index is 721. The Morgan fingerprint density at radius 1 is 1.00 bits per heavy atom. The van der Waals surface area contributed by atoms with Crippen molar-refractivity contribution in [1.82, 2.24) is 0 Å². The Morgan fingerprint density at radius 2 is 1.70 bits per heavy atom. The van der Waals surface area contributed by atoms with Gasteiger partial charge in [-0.2, -0.15) is 0 Å². The van der Waals surface area contributed by atoms with Crippen molar-refractivity contribution in [1.29, 1.82) is 0 Å². The van der Waals surface area contributed by atoms with Gasteiger partial charge in [0.15, 0.2) is 5.78 Å². The van der Waals surface area contributed by atoms with Crippen molar-refractivity contribution >= 4 is 23.1 Å². The SMILES string of the molecule is Cc1cc(C)cc(C2=Cc3ccc(N)cc3C(=O)C2)c1. The molecule has 1 aliphatic rings. The number of carbonyl (C=O) groups is 1. The van der Waals surface area contributed by atoms with Crippen molar-refractivity contribution in [2.24, 2.45) is 0 Å². The highest BCUT2D eigenvalue weighted by atomic mass is 16.1. The van der Waals surface area contributed by atoms with E-state index in [1.54, 1.807) is 6.07 Å². The molecule has 0 aliphatic heterocycles. The van der Waals surface area contributed by atoms with Gasteiger partial charge in [-0.1, -0.05) is 35.4 Å². The summed E-state index contributed by atoms with van der Waals surface area (Å²) in [5, 5.41) is 0. The molecule has 0 aromatic heterocycles. The van der Waals surface area contributed by atoms with E-state index in [-0.39, 0.29) is 5.78 Å². The van der Waals surface area contributed by atoms with E-state index in [2.05, 4.69) is 38.1 Å². The monoisotopic (exact) mass is 263 g/mol. The molecule has 2 heteroatoms. The fourth-order valence-electron chi connectivity index (χ4n) is 2.79. The molecule has 100 valence electrons. The van der Waals surface area contributed by atoms with Crippen LogP contribution in [0.1, 0.15) is 39.0 Å². The van der Waals surface area contributed by atoms with Gasteiger partial charge in [-0.3, -0.25) is 4.79 Å². The summed E-state index contributed by atoms with van der Waals surface area (Å²) in [4.78, 5) is 12.3. The quantitative estimate of drug-likeness (QED) is 0.790. The Kier molecular flexibility index (Phi) is 2.94. The van der Waals surface area contributed by atoms with E-state index >= 15 is 0 Å². The van der Waals surface area contributed by atoms with Crippen molar-refractivity contribution < 1.29 is 4.79 Å². The van der Waals surface area contributed by atoms with E-state index in [0.717, 1.165) is 22.3 Å². The summed E-state index contributed by atoms with van der Waals surface area (Å²) in [7, 11) is 0. The molecule has 0 saturated carbocycles. The number of Topliss-reactive ketones (excluding diaryl/α,β-unsaturated/α-hetero) is 1. The minimum Gasteiger partial charge on any atom is -0.399 e. The summed E-state index contributed by atoms with van der Waals surface area (Å²) in [6, 6.07) is 11.9. The molecule has 0 unspecified atom stereocenters. The van der Waals surface area contributed by atoms with E-state index in [9.17, 15) is 4.79 Å². The second-order valence-electron chi connectivity index (χ2n) is 5.49. The molecule has 0 saturated heterocycles. The highest BCUT2D eigenvalue weighted by Gasteiger charge is 2.19. The maximum atomic E-state index is 12.3. The van der Waals surface area contributed by atoms with Crippen LogP contribution < -0.4 is 5.73 Å². The molecule has 0 bridgehead atoms. The Morgan fingerprint density at radius 3 is 2.40 bits per heavy atom. The van der Waals surface area contributed by atoms with Crippen LogP contribution in [0.15, 0.2) is 36.4 Å². The van der Waals surface area contributed by atoms with Gasteiger partial charge in [0, 0.05) is 17.7 Å².